The molecule has 2 aliphatic rings. The molecule has 0 N–H and O–H groups in total. The van der Waals surface area contributed by atoms with Crippen LogP contribution >= 0.6 is 11.3 Å². The fraction of sp³-hybridized carbons (Fsp3) is 0.400. The normalized spacial score (nSPS) is 25.1. The molecule has 0 spiro atoms. The SMILES string of the molecule is Cc1ccc(C(=O)CN2C(=O)[C@@H]3CC=CC[C@H]3C2=O)s1. The Labute approximate surface area is 121 Å². The lowest BCUT2D eigenvalue weighted by molar-refractivity contribution is -0.139. The van der Waals surface area contributed by atoms with Gasteiger partial charge in [-0.25, -0.2) is 0 Å². The predicted molar refractivity (Wildman–Crippen MR) is 75.5 cm³/mol. The van der Waals surface area contributed by atoms with Crippen LogP contribution in [0.3, 0.4) is 0 Å². The van der Waals surface area contributed by atoms with Crippen molar-refractivity contribution in [3.63, 3.8) is 0 Å². The van der Waals surface area contributed by atoms with E-state index in [1.165, 1.54) is 11.3 Å². The first-order chi connectivity index (χ1) is 9.58. The lowest BCUT2D eigenvalue weighted by atomic mass is 9.85. The Balaban J connectivity index is 1.76. The van der Waals surface area contributed by atoms with Gasteiger partial charge >= 0.3 is 0 Å². The van der Waals surface area contributed by atoms with Gasteiger partial charge in [0.1, 0.15) is 0 Å². The average molecular weight is 289 g/mol. The number of amides is 2. The number of aryl methyl sites for hydroxylation is 1. The van der Waals surface area contributed by atoms with E-state index < -0.39 is 0 Å². The molecule has 4 nitrogen and oxygen atoms in total. The zero-order valence-electron chi connectivity index (χ0n) is 11.2. The number of nitrogens with zero attached hydrogens (tertiary/aromatic N) is 1. The smallest absolute Gasteiger partial charge is 0.233 e. The Morgan fingerprint density at radius 3 is 2.30 bits per heavy atom. The highest BCUT2D eigenvalue weighted by Gasteiger charge is 2.47. The average Bonchev–Trinajstić information content (AvgIpc) is 2.98. The van der Waals surface area contributed by atoms with Crippen molar-refractivity contribution in [1.82, 2.24) is 4.90 Å². The highest BCUT2D eigenvalue weighted by Crippen LogP contribution is 2.35. The van der Waals surface area contributed by atoms with E-state index in [1.807, 2.05) is 25.1 Å². The number of carbonyl (C=O) groups is 3. The number of thiophene rings is 1. The molecule has 3 rings (SSSR count). The van der Waals surface area contributed by atoms with Gasteiger partial charge in [0.15, 0.2) is 5.78 Å². The first kappa shape index (κ1) is 13.2. The van der Waals surface area contributed by atoms with Crippen LogP contribution in [0.5, 0.6) is 0 Å². The second-order valence-electron chi connectivity index (χ2n) is 5.25. The summed E-state index contributed by atoms with van der Waals surface area (Å²) in [6.45, 7) is 1.80. The Hall–Kier alpha value is -1.75. The van der Waals surface area contributed by atoms with Crippen LogP contribution in [-0.4, -0.2) is 29.0 Å². The highest BCUT2D eigenvalue weighted by atomic mass is 32.1. The van der Waals surface area contributed by atoms with Gasteiger partial charge in [0.2, 0.25) is 11.8 Å². The van der Waals surface area contributed by atoms with Gasteiger partial charge in [-0.05, 0) is 31.9 Å². The number of carbonyl (C=O) groups excluding carboxylic acids is 3. The Kier molecular flexibility index (Phi) is 3.30. The number of imide groups is 1. The van der Waals surface area contributed by atoms with E-state index in [-0.39, 0.29) is 36.0 Å². The third-order valence-electron chi connectivity index (χ3n) is 3.92. The maximum atomic E-state index is 12.2. The number of fused-ring (bicyclic) bond motifs is 1. The fourth-order valence-corrected chi connectivity index (χ4v) is 3.63. The van der Waals surface area contributed by atoms with E-state index in [9.17, 15) is 14.4 Å². The van der Waals surface area contributed by atoms with Crippen LogP contribution in [0.4, 0.5) is 0 Å². The van der Waals surface area contributed by atoms with Gasteiger partial charge in [0.05, 0.1) is 23.3 Å². The molecule has 1 aliphatic carbocycles. The summed E-state index contributed by atoms with van der Waals surface area (Å²) in [7, 11) is 0. The lowest BCUT2D eigenvalue weighted by Crippen LogP contribution is -2.35. The topological polar surface area (TPSA) is 54.5 Å². The summed E-state index contributed by atoms with van der Waals surface area (Å²) in [4.78, 5) is 39.5. The van der Waals surface area contributed by atoms with Gasteiger partial charge in [-0.3, -0.25) is 19.3 Å². The van der Waals surface area contributed by atoms with Crippen molar-refractivity contribution in [2.75, 3.05) is 6.54 Å². The molecule has 2 heterocycles. The van der Waals surface area contributed by atoms with Gasteiger partial charge < -0.3 is 0 Å². The highest BCUT2D eigenvalue weighted by molar-refractivity contribution is 7.14. The second kappa shape index (κ2) is 4.98. The van der Waals surface area contributed by atoms with Crippen LogP contribution in [0, 0.1) is 18.8 Å². The summed E-state index contributed by atoms with van der Waals surface area (Å²) in [5, 5.41) is 0. The number of hydrogen-bond donors (Lipinski definition) is 0. The third-order valence-corrected chi connectivity index (χ3v) is 4.96. The molecule has 1 saturated heterocycles. The summed E-state index contributed by atoms with van der Waals surface area (Å²) in [6, 6.07) is 3.62. The van der Waals surface area contributed by atoms with Crippen LogP contribution in [0.1, 0.15) is 27.4 Å². The van der Waals surface area contributed by atoms with Gasteiger partial charge in [0, 0.05) is 4.88 Å². The summed E-state index contributed by atoms with van der Waals surface area (Å²) in [5.74, 6) is -1.05. The molecule has 1 aliphatic heterocycles. The molecule has 0 aromatic carbocycles. The third kappa shape index (κ3) is 2.12. The van der Waals surface area contributed by atoms with Crippen molar-refractivity contribution >= 4 is 28.9 Å². The molecule has 1 aromatic heterocycles. The molecule has 0 unspecified atom stereocenters. The van der Waals surface area contributed by atoms with Gasteiger partial charge in [-0.1, -0.05) is 12.2 Å². The molecule has 1 fully saturated rings. The van der Waals surface area contributed by atoms with Gasteiger partial charge in [-0.15, -0.1) is 11.3 Å². The second-order valence-corrected chi connectivity index (χ2v) is 6.54. The largest absolute Gasteiger partial charge is 0.291 e. The number of ketones is 1. The molecule has 2 atom stereocenters. The van der Waals surface area contributed by atoms with E-state index in [1.54, 1.807) is 6.07 Å². The van der Waals surface area contributed by atoms with Crippen LogP contribution in [0.25, 0.3) is 0 Å². The summed E-state index contributed by atoms with van der Waals surface area (Å²) >= 11 is 1.40. The monoisotopic (exact) mass is 289 g/mol. The molecule has 104 valence electrons. The maximum Gasteiger partial charge on any atom is 0.233 e. The lowest BCUT2D eigenvalue weighted by Gasteiger charge is -2.14. The van der Waals surface area contributed by atoms with E-state index in [0.29, 0.717) is 17.7 Å². The molecule has 0 radical (unpaired) electrons. The van der Waals surface area contributed by atoms with E-state index in [2.05, 4.69) is 0 Å². The predicted octanol–water partition coefficient (Wildman–Crippen LogP) is 2.19. The minimum atomic E-state index is -0.259. The zero-order valence-corrected chi connectivity index (χ0v) is 12.0. The van der Waals surface area contributed by atoms with E-state index >= 15 is 0 Å². The van der Waals surface area contributed by atoms with Gasteiger partial charge in [0.25, 0.3) is 0 Å². The number of Topliss-reactive ketones (excluding diaryl/α,β-unsaturated/α-hetero) is 1. The fourth-order valence-electron chi connectivity index (χ4n) is 2.83. The molecule has 2 amide bonds. The number of hydrogen-bond acceptors (Lipinski definition) is 4. The first-order valence-corrected chi connectivity index (χ1v) is 7.49. The van der Waals surface area contributed by atoms with Crippen LogP contribution < -0.4 is 0 Å². The minimum Gasteiger partial charge on any atom is -0.291 e. The molecular weight excluding hydrogens is 274 g/mol. The molecule has 5 heteroatoms. The van der Waals surface area contributed by atoms with Crippen molar-refractivity contribution in [1.29, 1.82) is 0 Å². The quantitative estimate of drug-likeness (QED) is 0.487. The molecule has 0 saturated carbocycles. The van der Waals surface area contributed by atoms with Crippen LogP contribution in [-0.2, 0) is 9.59 Å². The minimum absolute atomic E-state index is 0.120. The molecule has 1 aromatic rings. The Bertz CT molecular complexity index is 590. The first-order valence-electron chi connectivity index (χ1n) is 6.68. The summed E-state index contributed by atoms with van der Waals surface area (Å²) in [5.41, 5.74) is 0. The Morgan fingerprint density at radius 2 is 1.80 bits per heavy atom. The molecular formula is C15H15NO3S. The van der Waals surface area contributed by atoms with E-state index in [0.717, 1.165) is 9.78 Å². The standard InChI is InChI=1S/C15H15NO3S/c1-9-6-7-13(20-9)12(17)8-16-14(18)10-4-2-3-5-11(10)15(16)19/h2-3,6-7,10-11H,4-5,8H2,1H3/t10-,11-/m1/s1. The van der Waals surface area contributed by atoms with Crippen molar-refractivity contribution in [3.8, 4) is 0 Å². The van der Waals surface area contributed by atoms with Crippen molar-refractivity contribution in [2.45, 2.75) is 19.8 Å². The summed E-state index contributed by atoms with van der Waals surface area (Å²) < 4.78 is 0. The number of rotatable bonds is 3. The van der Waals surface area contributed by atoms with Crippen LogP contribution in [0.2, 0.25) is 0 Å². The summed E-state index contributed by atoms with van der Waals surface area (Å²) in [6.07, 6.45) is 5.11. The zero-order chi connectivity index (χ0) is 14.3. The number of allylic oxidation sites excluding steroid dienone is 2. The van der Waals surface area contributed by atoms with Crippen molar-refractivity contribution < 1.29 is 14.4 Å². The molecule has 20 heavy (non-hydrogen) atoms. The number of likely N-dealkylation sites (tertiary alicyclic amines) is 1. The van der Waals surface area contributed by atoms with Gasteiger partial charge in [-0.2, -0.15) is 0 Å². The maximum absolute atomic E-state index is 12.2. The van der Waals surface area contributed by atoms with Crippen molar-refractivity contribution in [3.05, 3.63) is 34.0 Å². The van der Waals surface area contributed by atoms with E-state index in [4.69, 9.17) is 0 Å². The Morgan fingerprint density at radius 1 is 1.20 bits per heavy atom. The van der Waals surface area contributed by atoms with Crippen LogP contribution in [0.15, 0.2) is 24.3 Å². The van der Waals surface area contributed by atoms with Crippen molar-refractivity contribution in [2.24, 2.45) is 11.8 Å². The molecule has 0 bridgehead atoms.